The van der Waals surface area contributed by atoms with Gasteiger partial charge in [0.15, 0.2) is 0 Å². The summed E-state index contributed by atoms with van der Waals surface area (Å²) in [5.74, 6) is -0.949. The fourth-order valence-corrected chi connectivity index (χ4v) is 4.27. The molecule has 2 aliphatic rings. The summed E-state index contributed by atoms with van der Waals surface area (Å²) in [7, 11) is 0. The van der Waals surface area contributed by atoms with Crippen LogP contribution in [0, 0.1) is 0 Å². The first-order chi connectivity index (χ1) is 6.49. The van der Waals surface area contributed by atoms with E-state index in [0.717, 1.165) is 0 Å². The zero-order valence-electron chi connectivity index (χ0n) is 7.57. The first kappa shape index (κ1) is 10.3. The molecule has 3 atom stereocenters. The standard InChI is InChI=1S/C8H10BrNO3S/c1-8(3-9)6(7(12)13)10-4(11)2-5(10)14-8/h5-6H,2-3H2,1H3,(H,12,13)/t5-,6+,8?/m1/s1. The maximum absolute atomic E-state index is 11.3. The molecule has 1 N–H and O–H groups in total. The van der Waals surface area contributed by atoms with Crippen LogP contribution in [-0.2, 0) is 9.59 Å². The van der Waals surface area contributed by atoms with Crippen LogP contribution in [0.1, 0.15) is 13.3 Å². The number of hydrogen-bond donors (Lipinski definition) is 1. The number of rotatable bonds is 2. The minimum Gasteiger partial charge on any atom is -0.480 e. The molecule has 0 aromatic carbocycles. The van der Waals surface area contributed by atoms with Crippen LogP contribution in [-0.4, -0.2) is 43.4 Å². The predicted octanol–water partition coefficient (Wildman–Crippen LogP) is 0.898. The monoisotopic (exact) mass is 279 g/mol. The molecule has 78 valence electrons. The lowest BCUT2D eigenvalue weighted by atomic mass is 9.98. The quantitative estimate of drug-likeness (QED) is 0.603. The second-order valence-corrected chi connectivity index (χ2v) is 6.04. The number of β-lactam (4-membered cyclic amide) rings is 1. The molecule has 2 saturated heterocycles. The molecule has 2 heterocycles. The average molecular weight is 280 g/mol. The third kappa shape index (κ3) is 1.20. The predicted molar refractivity (Wildman–Crippen MR) is 56.5 cm³/mol. The smallest absolute Gasteiger partial charge is 0.327 e. The molecule has 0 aromatic rings. The number of alkyl halides is 1. The zero-order valence-corrected chi connectivity index (χ0v) is 9.97. The summed E-state index contributed by atoms with van der Waals surface area (Å²) in [6.07, 6.45) is 0.483. The molecule has 2 fully saturated rings. The Morgan fingerprint density at radius 2 is 2.50 bits per heavy atom. The molecule has 0 aliphatic carbocycles. The second kappa shape index (κ2) is 3.13. The van der Waals surface area contributed by atoms with Crippen molar-refractivity contribution in [3.63, 3.8) is 0 Å². The van der Waals surface area contributed by atoms with E-state index < -0.39 is 16.8 Å². The highest BCUT2D eigenvalue weighted by atomic mass is 79.9. The van der Waals surface area contributed by atoms with Gasteiger partial charge in [0, 0.05) is 5.33 Å². The van der Waals surface area contributed by atoms with Gasteiger partial charge in [-0.15, -0.1) is 11.8 Å². The zero-order chi connectivity index (χ0) is 10.5. The van der Waals surface area contributed by atoms with E-state index in [4.69, 9.17) is 5.11 Å². The Morgan fingerprint density at radius 3 is 2.93 bits per heavy atom. The molecule has 0 bridgehead atoms. The topological polar surface area (TPSA) is 57.6 Å². The number of carbonyl (C=O) groups is 2. The molecule has 2 rings (SSSR count). The molecule has 14 heavy (non-hydrogen) atoms. The Bertz CT molecular complexity index is 311. The maximum Gasteiger partial charge on any atom is 0.327 e. The van der Waals surface area contributed by atoms with E-state index in [1.807, 2.05) is 6.92 Å². The van der Waals surface area contributed by atoms with Gasteiger partial charge in [-0.25, -0.2) is 4.79 Å². The lowest BCUT2D eigenvalue weighted by Crippen LogP contribution is -2.57. The normalized spacial score (nSPS) is 40.7. The van der Waals surface area contributed by atoms with Gasteiger partial charge >= 0.3 is 5.97 Å². The number of hydrogen-bond acceptors (Lipinski definition) is 3. The molecule has 1 unspecified atom stereocenters. The van der Waals surface area contributed by atoms with Crippen LogP contribution in [0.2, 0.25) is 0 Å². The maximum atomic E-state index is 11.3. The number of carboxylic acid groups (broad SMARTS) is 1. The number of amides is 1. The summed E-state index contributed by atoms with van der Waals surface area (Å²) in [5, 5.41) is 9.75. The highest BCUT2D eigenvalue weighted by molar-refractivity contribution is 9.09. The molecule has 0 spiro atoms. The highest BCUT2D eigenvalue weighted by Crippen LogP contribution is 2.51. The summed E-state index contributed by atoms with van der Waals surface area (Å²) >= 11 is 4.90. The largest absolute Gasteiger partial charge is 0.480 e. The Hall–Kier alpha value is -0.230. The number of carboxylic acids is 1. The van der Waals surface area contributed by atoms with Crippen molar-refractivity contribution in [3.8, 4) is 0 Å². The first-order valence-corrected chi connectivity index (χ1v) is 6.27. The summed E-state index contributed by atoms with van der Waals surface area (Å²) in [6.45, 7) is 1.89. The van der Waals surface area contributed by atoms with Crippen molar-refractivity contribution in [2.45, 2.75) is 29.5 Å². The van der Waals surface area contributed by atoms with Crippen LogP contribution in [0.25, 0.3) is 0 Å². The molecular formula is C8H10BrNO3S. The van der Waals surface area contributed by atoms with Gasteiger partial charge in [-0.3, -0.25) is 4.79 Å². The molecular weight excluding hydrogens is 270 g/mol. The second-order valence-electron chi connectivity index (χ2n) is 3.76. The number of halogens is 1. The lowest BCUT2D eigenvalue weighted by Gasteiger charge is -2.36. The molecule has 4 nitrogen and oxygen atoms in total. The Labute approximate surface area is 94.1 Å². The van der Waals surface area contributed by atoms with E-state index in [1.165, 1.54) is 4.90 Å². The van der Waals surface area contributed by atoms with E-state index in [0.29, 0.717) is 11.8 Å². The third-order valence-electron chi connectivity index (χ3n) is 2.71. The van der Waals surface area contributed by atoms with Crippen molar-refractivity contribution in [1.29, 1.82) is 0 Å². The van der Waals surface area contributed by atoms with Crippen molar-refractivity contribution >= 4 is 39.6 Å². The summed E-state index contributed by atoms with van der Waals surface area (Å²) in [6, 6.07) is -0.682. The van der Waals surface area contributed by atoms with Crippen LogP contribution in [0.5, 0.6) is 0 Å². The molecule has 6 heteroatoms. The van der Waals surface area contributed by atoms with Crippen LogP contribution in [0.4, 0.5) is 0 Å². The van der Waals surface area contributed by atoms with Crippen LogP contribution in [0.15, 0.2) is 0 Å². The van der Waals surface area contributed by atoms with Crippen molar-refractivity contribution in [3.05, 3.63) is 0 Å². The third-order valence-corrected chi connectivity index (χ3v) is 5.82. The fraction of sp³-hybridized carbons (Fsp3) is 0.750. The van der Waals surface area contributed by atoms with Crippen LogP contribution < -0.4 is 0 Å². The molecule has 0 saturated carbocycles. The summed E-state index contributed by atoms with van der Waals surface area (Å²) in [5.41, 5.74) is 0. The number of thioether (sulfide) groups is 1. The SMILES string of the molecule is CC1(CBr)S[C@@H]2CC(=O)N2[C@H]1C(=O)O. The highest BCUT2D eigenvalue weighted by Gasteiger charge is 2.60. The van der Waals surface area contributed by atoms with E-state index >= 15 is 0 Å². The molecule has 0 radical (unpaired) electrons. The fourth-order valence-electron chi connectivity index (χ4n) is 1.96. The van der Waals surface area contributed by atoms with Crippen LogP contribution >= 0.6 is 27.7 Å². The van der Waals surface area contributed by atoms with E-state index in [2.05, 4.69) is 15.9 Å². The van der Waals surface area contributed by atoms with E-state index in [-0.39, 0.29) is 11.3 Å². The van der Waals surface area contributed by atoms with Gasteiger partial charge in [0.2, 0.25) is 5.91 Å². The Balaban J connectivity index is 2.31. The number of aliphatic carboxylic acids is 1. The Kier molecular flexibility index (Phi) is 2.30. The van der Waals surface area contributed by atoms with Gasteiger partial charge in [0.25, 0.3) is 0 Å². The van der Waals surface area contributed by atoms with E-state index in [9.17, 15) is 9.59 Å². The van der Waals surface area contributed by atoms with Gasteiger partial charge in [-0.05, 0) is 6.92 Å². The van der Waals surface area contributed by atoms with Gasteiger partial charge in [-0.1, -0.05) is 15.9 Å². The molecule has 2 aliphatic heterocycles. The summed E-state index contributed by atoms with van der Waals surface area (Å²) < 4.78 is -0.400. The van der Waals surface area contributed by atoms with Crippen LogP contribution in [0.3, 0.4) is 0 Å². The van der Waals surface area contributed by atoms with Gasteiger partial charge in [0.05, 0.1) is 16.5 Å². The summed E-state index contributed by atoms with van der Waals surface area (Å²) in [4.78, 5) is 23.8. The Morgan fingerprint density at radius 1 is 1.86 bits per heavy atom. The molecule has 0 aromatic heterocycles. The lowest BCUT2D eigenvalue weighted by molar-refractivity contribution is -0.157. The average Bonchev–Trinajstić information content (AvgIpc) is 2.35. The minimum absolute atomic E-state index is 0.0421. The van der Waals surface area contributed by atoms with Gasteiger partial charge in [-0.2, -0.15) is 0 Å². The first-order valence-electron chi connectivity index (χ1n) is 4.27. The minimum atomic E-state index is -0.907. The van der Waals surface area contributed by atoms with Gasteiger partial charge in [0.1, 0.15) is 6.04 Å². The van der Waals surface area contributed by atoms with Crippen molar-refractivity contribution in [1.82, 2.24) is 4.90 Å². The van der Waals surface area contributed by atoms with Crippen molar-refractivity contribution in [2.24, 2.45) is 0 Å². The van der Waals surface area contributed by atoms with Crippen molar-refractivity contribution < 1.29 is 14.7 Å². The number of fused-ring (bicyclic) bond motifs is 1. The van der Waals surface area contributed by atoms with Crippen molar-refractivity contribution in [2.75, 3.05) is 5.33 Å². The molecule has 1 amide bonds. The van der Waals surface area contributed by atoms with E-state index in [1.54, 1.807) is 11.8 Å². The number of nitrogens with zero attached hydrogens (tertiary/aromatic N) is 1. The number of carbonyl (C=O) groups excluding carboxylic acids is 1. The van der Waals surface area contributed by atoms with Gasteiger partial charge < -0.3 is 10.0 Å².